The average Bonchev–Trinajstić information content (AvgIpc) is 2.57. The van der Waals surface area contributed by atoms with E-state index in [1.807, 2.05) is 6.92 Å². The zero-order valence-corrected chi connectivity index (χ0v) is 14.6. The summed E-state index contributed by atoms with van der Waals surface area (Å²) in [5.41, 5.74) is -0.302. The van der Waals surface area contributed by atoms with Crippen molar-refractivity contribution in [3.63, 3.8) is 0 Å². The number of nitrogens with zero attached hydrogens (tertiary/aromatic N) is 3. The Balaban J connectivity index is 2.29. The van der Waals surface area contributed by atoms with Crippen LogP contribution in [0.15, 0.2) is 21.9 Å². The van der Waals surface area contributed by atoms with Crippen molar-refractivity contribution in [1.82, 2.24) is 19.4 Å². The van der Waals surface area contributed by atoms with Crippen molar-refractivity contribution in [2.24, 2.45) is 14.1 Å². The van der Waals surface area contributed by atoms with E-state index in [-0.39, 0.29) is 23.0 Å². The van der Waals surface area contributed by atoms with Crippen LogP contribution in [0.1, 0.15) is 49.9 Å². The maximum Gasteiger partial charge on any atom is 0.332 e. The molecule has 2 aromatic heterocycles. The fourth-order valence-corrected chi connectivity index (χ4v) is 2.67. The largest absolute Gasteiger partial charge is 0.350 e. The highest BCUT2D eigenvalue weighted by atomic mass is 16.2. The SMILES string of the molecule is CCCCCC(C)NC(=O)c1cnc2c(c1)c(=O)n(C)c(=O)n2C. The lowest BCUT2D eigenvalue weighted by Gasteiger charge is -2.14. The van der Waals surface area contributed by atoms with E-state index in [0.29, 0.717) is 5.56 Å². The minimum absolute atomic E-state index is 0.0581. The third kappa shape index (κ3) is 3.55. The molecule has 0 fully saturated rings. The zero-order valence-electron chi connectivity index (χ0n) is 14.6. The number of pyridine rings is 1. The molecule has 130 valence electrons. The van der Waals surface area contributed by atoms with Crippen LogP contribution in [0.3, 0.4) is 0 Å². The molecule has 0 saturated carbocycles. The van der Waals surface area contributed by atoms with Crippen molar-refractivity contribution in [3.05, 3.63) is 38.7 Å². The summed E-state index contributed by atoms with van der Waals surface area (Å²) in [5, 5.41) is 3.18. The molecule has 2 rings (SSSR count). The Bertz CT molecular complexity index is 866. The molecule has 0 saturated heterocycles. The minimum atomic E-state index is -0.453. The summed E-state index contributed by atoms with van der Waals surface area (Å²) in [7, 11) is 2.96. The lowest BCUT2D eigenvalue weighted by atomic mass is 10.1. The van der Waals surface area contributed by atoms with Gasteiger partial charge in [-0.15, -0.1) is 0 Å². The highest BCUT2D eigenvalue weighted by Gasteiger charge is 2.14. The van der Waals surface area contributed by atoms with E-state index < -0.39 is 11.2 Å². The van der Waals surface area contributed by atoms with Crippen LogP contribution in [0, 0.1) is 0 Å². The molecule has 1 amide bonds. The van der Waals surface area contributed by atoms with Crippen molar-refractivity contribution < 1.29 is 4.79 Å². The number of aryl methyl sites for hydroxylation is 1. The zero-order chi connectivity index (χ0) is 17.9. The average molecular weight is 332 g/mol. The van der Waals surface area contributed by atoms with E-state index in [1.54, 1.807) is 7.05 Å². The molecular formula is C17H24N4O3. The number of carbonyl (C=O) groups is 1. The monoisotopic (exact) mass is 332 g/mol. The van der Waals surface area contributed by atoms with Crippen LogP contribution in [0.2, 0.25) is 0 Å². The number of hydrogen-bond donors (Lipinski definition) is 1. The van der Waals surface area contributed by atoms with Gasteiger partial charge in [-0.1, -0.05) is 26.2 Å². The van der Waals surface area contributed by atoms with Crippen molar-refractivity contribution >= 4 is 16.9 Å². The maximum absolute atomic E-state index is 12.4. The van der Waals surface area contributed by atoms with Crippen molar-refractivity contribution in [2.75, 3.05) is 0 Å². The number of aromatic nitrogens is 3. The molecule has 24 heavy (non-hydrogen) atoms. The predicted molar refractivity (Wildman–Crippen MR) is 93.3 cm³/mol. The molecule has 1 N–H and O–H groups in total. The van der Waals surface area contributed by atoms with E-state index in [9.17, 15) is 14.4 Å². The van der Waals surface area contributed by atoms with Gasteiger partial charge in [-0.2, -0.15) is 0 Å². The number of carbonyl (C=O) groups excluding carboxylic acids is 1. The van der Waals surface area contributed by atoms with Gasteiger partial charge in [0.2, 0.25) is 0 Å². The quantitative estimate of drug-likeness (QED) is 0.809. The number of amides is 1. The van der Waals surface area contributed by atoms with Gasteiger partial charge >= 0.3 is 5.69 Å². The molecule has 7 heteroatoms. The Morgan fingerprint density at radius 3 is 2.62 bits per heavy atom. The summed E-state index contributed by atoms with van der Waals surface area (Å²) >= 11 is 0. The molecule has 0 bridgehead atoms. The summed E-state index contributed by atoms with van der Waals surface area (Å²) in [6.07, 6.45) is 5.65. The molecule has 2 aromatic rings. The van der Waals surface area contributed by atoms with Crippen molar-refractivity contribution in [1.29, 1.82) is 0 Å². The molecule has 0 aliphatic rings. The fourth-order valence-electron chi connectivity index (χ4n) is 2.67. The molecule has 0 aliphatic carbocycles. The van der Waals surface area contributed by atoms with E-state index in [4.69, 9.17) is 0 Å². The Labute approximate surface area is 140 Å². The predicted octanol–water partition coefficient (Wildman–Crippen LogP) is 1.33. The van der Waals surface area contributed by atoms with Gasteiger partial charge in [0.1, 0.15) is 5.65 Å². The maximum atomic E-state index is 12.4. The number of nitrogens with one attached hydrogen (secondary N) is 1. The second-order valence-electron chi connectivity index (χ2n) is 6.17. The van der Waals surface area contributed by atoms with Crippen LogP contribution in [0.5, 0.6) is 0 Å². The van der Waals surface area contributed by atoms with Crippen molar-refractivity contribution in [2.45, 2.75) is 45.6 Å². The fraction of sp³-hybridized carbons (Fsp3) is 0.529. The minimum Gasteiger partial charge on any atom is -0.350 e. The number of hydrogen-bond acceptors (Lipinski definition) is 4. The topological polar surface area (TPSA) is 86.0 Å². The van der Waals surface area contributed by atoms with Crippen LogP contribution < -0.4 is 16.6 Å². The summed E-state index contributed by atoms with van der Waals surface area (Å²) in [4.78, 5) is 40.6. The smallest absolute Gasteiger partial charge is 0.332 e. The Kier molecular flexibility index (Phi) is 5.54. The van der Waals surface area contributed by atoms with Crippen LogP contribution in [0.25, 0.3) is 11.0 Å². The highest BCUT2D eigenvalue weighted by molar-refractivity contribution is 5.96. The Hall–Kier alpha value is -2.44. The summed E-state index contributed by atoms with van der Waals surface area (Å²) < 4.78 is 2.31. The molecule has 7 nitrogen and oxygen atoms in total. The van der Waals surface area contributed by atoms with Crippen LogP contribution in [-0.4, -0.2) is 26.1 Å². The first kappa shape index (κ1) is 17.9. The van der Waals surface area contributed by atoms with E-state index >= 15 is 0 Å². The van der Waals surface area contributed by atoms with Gasteiger partial charge in [-0.05, 0) is 19.4 Å². The lowest BCUT2D eigenvalue weighted by Crippen LogP contribution is -2.37. The third-order valence-electron chi connectivity index (χ3n) is 4.17. The van der Waals surface area contributed by atoms with Gasteiger partial charge in [-0.25, -0.2) is 9.78 Å². The standard InChI is InChI=1S/C17H24N4O3/c1-5-6-7-8-11(2)19-15(22)12-9-13-14(18-10-12)20(3)17(24)21(4)16(13)23/h9-11H,5-8H2,1-4H3,(H,19,22). The lowest BCUT2D eigenvalue weighted by molar-refractivity contribution is 0.0937. The van der Waals surface area contributed by atoms with Gasteiger partial charge in [-0.3, -0.25) is 18.7 Å². The normalized spacial score (nSPS) is 12.3. The molecule has 1 atom stereocenters. The summed E-state index contributed by atoms with van der Waals surface area (Å²) in [5.74, 6) is -0.260. The van der Waals surface area contributed by atoms with Crippen LogP contribution >= 0.6 is 0 Å². The van der Waals surface area contributed by atoms with E-state index in [0.717, 1.165) is 30.3 Å². The van der Waals surface area contributed by atoms with Crippen LogP contribution in [0.4, 0.5) is 0 Å². The van der Waals surface area contributed by atoms with Gasteiger partial charge in [0.05, 0.1) is 10.9 Å². The van der Waals surface area contributed by atoms with Gasteiger partial charge in [0.25, 0.3) is 11.5 Å². The first-order valence-corrected chi connectivity index (χ1v) is 8.23. The van der Waals surface area contributed by atoms with Gasteiger partial charge < -0.3 is 5.32 Å². The molecule has 1 unspecified atom stereocenters. The summed E-state index contributed by atoms with van der Waals surface area (Å²) in [6.45, 7) is 4.10. The Morgan fingerprint density at radius 2 is 1.96 bits per heavy atom. The van der Waals surface area contributed by atoms with E-state index in [1.165, 1.54) is 23.9 Å². The van der Waals surface area contributed by atoms with Gasteiger partial charge in [0, 0.05) is 26.3 Å². The summed E-state index contributed by atoms with van der Waals surface area (Å²) in [6, 6.07) is 1.56. The third-order valence-corrected chi connectivity index (χ3v) is 4.17. The van der Waals surface area contributed by atoms with Crippen molar-refractivity contribution in [3.8, 4) is 0 Å². The number of rotatable bonds is 6. The number of unbranched alkanes of at least 4 members (excludes halogenated alkanes) is 2. The highest BCUT2D eigenvalue weighted by Crippen LogP contribution is 2.09. The van der Waals surface area contributed by atoms with Crippen LogP contribution in [-0.2, 0) is 14.1 Å². The molecule has 0 spiro atoms. The number of fused-ring (bicyclic) bond motifs is 1. The second-order valence-corrected chi connectivity index (χ2v) is 6.17. The molecule has 0 aromatic carbocycles. The van der Waals surface area contributed by atoms with E-state index in [2.05, 4.69) is 17.2 Å². The second kappa shape index (κ2) is 7.42. The van der Waals surface area contributed by atoms with Gasteiger partial charge in [0.15, 0.2) is 0 Å². The molecule has 2 heterocycles. The Morgan fingerprint density at radius 1 is 1.25 bits per heavy atom. The molecule has 0 aliphatic heterocycles. The first-order chi connectivity index (χ1) is 11.4. The molecular weight excluding hydrogens is 308 g/mol. The molecule has 0 radical (unpaired) electrons. The first-order valence-electron chi connectivity index (χ1n) is 8.23.